The van der Waals surface area contributed by atoms with E-state index in [1.54, 1.807) is 6.08 Å². The number of hydrogen-bond donors (Lipinski definition) is 0. The Hall–Kier alpha value is -0.930. The zero-order valence-corrected chi connectivity index (χ0v) is 6.58. The van der Waals surface area contributed by atoms with E-state index in [1.165, 1.54) is 0 Å². The zero-order valence-electron chi connectivity index (χ0n) is 5.77. The summed E-state index contributed by atoms with van der Waals surface area (Å²) >= 11 is -2.10. The fourth-order valence-electron chi connectivity index (χ4n) is 0.698. The quantitative estimate of drug-likeness (QED) is 0.627. The molecule has 0 aliphatic heterocycles. The van der Waals surface area contributed by atoms with E-state index in [2.05, 4.69) is 0 Å². The van der Waals surface area contributed by atoms with E-state index in [0.29, 0.717) is 0 Å². The first kappa shape index (κ1) is 8.17. The smallest absolute Gasteiger partial charge is 0.0109 e. The van der Waals surface area contributed by atoms with Gasteiger partial charge in [-0.05, 0) is 28.1 Å². The van der Waals surface area contributed by atoms with Crippen LogP contribution >= 0.6 is 0 Å². The minimum atomic E-state index is -2.10. The molecule has 1 aromatic carbocycles. The standard InChI is InChI=1S/C8H8O2S/c9-11(10)7-6-8-4-2-1-3-5-8/h1-7H,(H,9,10)/p-1. The van der Waals surface area contributed by atoms with E-state index in [-0.39, 0.29) is 0 Å². The first-order chi connectivity index (χ1) is 5.29. The lowest BCUT2D eigenvalue weighted by atomic mass is 10.2. The van der Waals surface area contributed by atoms with Crippen molar-refractivity contribution in [1.29, 1.82) is 0 Å². The molecule has 0 saturated heterocycles. The van der Waals surface area contributed by atoms with E-state index in [1.807, 2.05) is 30.3 Å². The van der Waals surface area contributed by atoms with Gasteiger partial charge in [-0.2, -0.15) is 0 Å². The van der Waals surface area contributed by atoms with Crippen LogP contribution in [0, 0.1) is 0 Å². The van der Waals surface area contributed by atoms with Crippen molar-refractivity contribution in [2.45, 2.75) is 0 Å². The molecule has 0 bridgehead atoms. The van der Waals surface area contributed by atoms with Gasteiger partial charge in [-0.3, -0.25) is 4.21 Å². The summed E-state index contributed by atoms with van der Waals surface area (Å²) in [5, 5.41) is 1.12. The second-order valence-electron chi connectivity index (χ2n) is 1.97. The van der Waals surface area contributed by atoms with E-state index in [9.17, 15) is 8.76 Å². The van der Waals surface area contributed by atoms with E-state index in [4.69, 9.17) is 0 Å². The number of benzene rings is 1. The van der Waals surface area contributed by atoms with Crippen molar-refractivity contribution in [2.75, 3.05) is 0 Å². The van der Waals surface area contributed by atoms with Gasteiger partial charge in [0.2, 0.25) is 0 Å². The molecule has 0 spiro atoms. The topological polar surface area (TPSA) is 40.1 Å². The van der Waals surface area contributed by atoms with Crippen molar-refractivity contribution in [1.82, 2.24) is 0 Å². The molecule has 1 rings (SSSR count). The molecule has 11 heavy (non-hydrogen) atoms. The molecule has 58 valence electrons. The van der Waals surface area contributed by atoms with E-state index in [0.717, 1.165) is 11.0 Å². The fraction of sp³-hybridized carbons (Fsp3) is 0. The first-order valence-corrected chi connectivity index (χ1v) is 4.24. The largest absolute Gasteiger partial charge is 0.769 e. The summed E-state index contributed by atoms with van der Waals surface area (Å²) in [4.78, 5) is 0. The molecular weight excluding hydrogens is 160 g/mol. The molecule has 0 saturated carbocycles. The summed E-state index contributed by atoms with van der Waals surface area (Å²) in [7, 11) is 0. The zero-order chi connectivity index (χ0) is 8.10. The third-order valence-electron chi connectivity index (χ3n) is 1.17. The highest BCUT2D eigenvalue weighted by Crippen LogP contribution is 2.00. The van der Waals surface area contributed by atoms with Crippen molar-refractivity contribution >= 4 is 17.2 Å². The van der Waals surface area contributed by atoms with Crippen LogP contribution in [0.25, 0.3) is 6.08 Å². The molecule has 0 radical (unpaired) electrons. The van der Waals surface area contributed by atoms with Gasteiger partial charge < -0.3 is 4.55 Å². The lowest BCUT2D eigenvalue weighted by Gasteiger charge is -1.94. The summed E-state index contributed by atoms with van der Waals surface area (Å²) in [5.74, 6) is 0. The van der Waals surface area contributed by atoms with Crippen molar-refractivity contribution in [3.63, 3.8) is 0 Å². The highest BCUT2D eigenvalue weighted by Gasteiger charge is 1.80. The SMILES string of the molecule is O=S([O-])C=Cc1ccccc1. The predicted octanol–water partition coefficient (Wildman–Crippen LogP) is 1.54. The van der Waals surface area contributed by atoms with Crippen LogP contribution in [0.1, 0.15) is 5.56 Å². The van der Waals surface area contributed by atoms with Gasteiger partial charge in [0.25, 0.3) is 0 Å². The maximum absolute atomic E-state index is 10.1. The van der Waals surface area contributed by atoms with Gasteiger partial charge in [0.15, 0.2) is 0 Å². The molecule has 2 nitrogen and oxygen atoms in total. The third kappa shape index (κ3) is 3.11. The van der Waals surface area contributed by atoms with E-state index < -0.39 is 11.1 Å². The Bertz CT molecular complexity index is 267. The number of rotatable bonds is 2. The Morgan fingerprint density at radius 2 is 1.91 bits per heavy atom. The molecular formula is C8H7O2S-. The van der Waals surface area contributed by atoms with Gasteiger partial charge in [0, 0.05) is 0 Å². The monoisotopic (exact) mass is 167 g/mol. The van der Waals surface area contributed by atoms with Crippen LogP contribution < -0.4 is 0 Å². The summed E-state index contributed by atoms with van der Waals surface area (Å²) in [6.45, 7) is 0. The van der Waals surface area contributed by atoms with Gasteiger partial charge in [-0.25, -0.2) is 0 Å². The van der Waals surface area contributed by atoms with Gasteiger partial charge >= 0.3 is 0 Å². The highest BCUT2D eigenvalue weighted by molar-refractivity contribution is 7.82. The van der Waals surface area contributed by atoms with Crippen LogP contribution in [-0.4, -0.2) is 8.76 Å². The average Bonchev–Trinajstić information content (AvgIpc) is 2.03. The predicted molar refractivity (Wildman–Crippen MR) is 44.4 cm³/mol. The second-order valence-corrected chi connectivity index (χ2v) is 2.77. The van der Waals surface area contributed by atoms with Crippen molar-refractivity contribution < 1.29 is 8.76 Å². The van der Waals surface area contributed by atoms with Gasteiger partial charge in [0.05, 0.1) is 0 Å². The van der Waals surface area contributed by atoms with Gasteiger partial charge in [0.1, 0.15) is 0 Å². The van der Waals surface area contributed by atoms with Crippen LogP contribution in [0.15, 0.2) is 35.7 Å². The first-order valence-electron chi connectivity index (χ1n) is 3.10. The Morgan fingerprint density at radius 1 is 1.27 bits per heavy atom. The summed E-state index contributed by atoms with van der Waals surface area (Å²) in [5.41, 5.74) is 0.886. The summed E-state index contributed by atoms with van der Waals surface area (Å²) in [6.07, 6.45) is 1.54. The number of hydrogen-bond acceptors (Lipinski definition) is 2. The second kappa shape index (κ2) is 4.05. The molecule has 1 aromatic rings. The van der Waals surface area contributed by atoms with Crippen molar-refractivity contribution in [3.8, 4) is 0 Å². The van der Waals surface area contributed by atoms with Crippen LogP contribution in [0.3, 0.4) is 0 Å². The lowest BCUT2D eigenvalue weighted by Crippen LogP contribution is -1.76. The maximum atomic E-state index is 10.1. The Morgan fingerprint density at radius 3 is 2.45 bits per heavy atom. The summed E-state index contributed by atoms with van der Waals surface area (Å²) in [6, 6.07) is 9.26. The minimum absolute atomic E-state index is 0.886. The van der Waals surface area contributed by atoms with Gasteiger partial charge in [-0.1, -0.05) is 30.3 Å². The molecule has 0 aliphatic carbocycles. The van der Waals surface area contributed by atoms with Crippen LogP contribution in [0.4, 0.5) is 0 Å². The Kier molecular flexibility index (Phi) is 3.01. The fourth-order valence-corrected chi connectivity index (χ4v) is 0.967. The van der Waals surface area contributed by atoms with Crippen molar-refractivity contribution in [3.05, 3.63) is 41.3 Å². The molecule has 1 atom stereocenters. The molecule has 1 unspecified atom stereocenters. The molecule has 0 aromatic heterocycles. The normalized spacial score (nSPS) is 13.5. The molecule has 0 N–H and O–H groups in total. The van der Waals surface area contributed by atoms with Crippen molar-refractivity contribution in [2.24, 2.45) is 0 Å². The Balaban J connectivity index is 2.72. The van der Waals surface area contributed by atoms with E-state index >= 15 is 0 Å². The minimum Gasteiger partial charge on any atom is -0.769 e. The molecule has 0 heterocycles. The Labute approximate surface area is 67.8 Å². The molecule has 0 amide bonds. The lowest BCUT2D eigenvalue weighted by molar-refractivity contribution is 0.546. The molecule has 0 aliphatic rings. The van der Waals surface area contributed by atoms with Crippen LogP contribution in [-0.2, 0) is 11.1 Å². The van der Waals surface area contributed by atoms with Crippen LogP contribution in [0.2, 0.25) is 0 Å². The molecule has 3 heteroatoms. The average molecular weight is 167 g/mol. The molecule has 0 fully saturated rings. The highest BCUT2D eigenvalue weighted by atomic mass is 32.2. The third-order valence-corrected chi connectivity index (χ3v) is 1.53. The summed E-state index contributed by atoms with van der Waals surface area (Å²) < 4.78 is 20.2. The van der Waals surface area contributed by atoms with Gasteiger partial charge in [-0.15, -0.1) is 0 Å². The maximum Gasteiger partial charge on any atom is -0.0109 e. The van der Waals surface area contributed by atoms with Crippen LogP contribution in [0.5, 0.6) is 0 Å².